The third-order valence-corrected chi connectivity index (χ3v) is 0.254. The minimum atomic E-state index is -4.97. The first-order chi connectivity index (χ1) is 2.94. The van der Waals surface area contributed by atoms with Crippen molar-refractivity contribution in [1.82, 2.24) is 0 Å². The molecule has 0 fully saturated rings. The second-order valence-corrected chi connectivity index (χ2v) is 0.821. The Hall–Kier alpha value is -0.290. The van der Waals surface area contributed by atoms with E-state index in [-0.39, 0.29) is 0 Å². The van der Waals surface area contributed by atoms with Crippen LogP contribution < -0.4 is 0 Å². The number of hydrogen-bond acceptors (Lipinski definition) is 2. The normalized spacial score (nSPS) is 12.9. The number of alkyl halides is 3. The maximum absolute atomic E-state index is 10.6. The van der Waals surface area contributed by atoms with E-state index < -0.39 is 12.5 Å². The van der Waals surface area contributed by atoms with E-state index in [2.05, 4.69) is 0 Å². The van der Waals surface area contributed by atoms with E-state index >= 15 is 0 Å². The summed E-state index contributed by atoms with van der Waals surface area (Å²) in [7, 11) is 0. The molecule has 5 heteroatoms. The van der Waals surface area contributed by atoms with Gasteiger partial charge in [-0.15, -0.1) is 0 Å². The molecule has 0 saturated heterocycles. The van der Waals surface area contributed by atoms with E-state index in [0.717, 1.165) is 0 Å². The van der Waals surface area contributed by atoms with Crippen molar-refractivity contribution in [2.24, 2.45) is 0 Å². The number of rotatable bonds is 0. The summed E-state index contributed by atoms with van der Waals surface area (Å²) in [5.41, 5.74) is 0. The van der Waals surface area contributed by atoms with E-state index in [4.69, 9.17) is 10.2 Å². The SMILES string of the molecule is O[C-](O)C(F)(F)F. The van der Waals surface area contributed by atoms with Gasteiger partial charge in [-0.25, -0.2) is 13.2 Å². The first kappa shape index (κ1) is 6.71. The highest BCUT2D eigenvalue weighted by Crippen LogP contribution is 2.22. The van der Waals surface area contributed by atoms with Crippen LogP contribution in [0.4, 0.5) is 13.2 Å². The van der Waals surface area contributed by atoms with E-state index in [1.54, 1.807) is 0 Å². The summed E-state index contributed by atoms with van der Waals surface area (Å²) in [4.78, 5) is 0. The van der Waals surface area contributed by atoms with Gasteiger partial charge >= 0.3 is 6.18 Å². The zero-order valence-corrected chi connectivity index (χ0v) is 3.03. The Morgan fingerprint density at radius 3 is 1.29 bits per heavy atom. The fraction of sp³-hybridized carbons (Fsp3) is 0.500. The summed E-state index contributed by atoms with van der Waals surface area (Å²) in [6.45, 7) is 0. The molecule has 0 aromatic heterocycles. The Labute approximate surface area is 37.2 Å². The van der Waals surface area contributed by atoms with Crippen LogP contribution in [0.3, 0.4) is 0 Å². The molecule has 0 aromatic carbocycles. The van der Waals surface area contributed by atoms with E-state index in [0.29, 0.717) is 0 Å². The molecule has 0 rings (SSSR count). The van der Waals surface area contributed by atoms with Crippen LogP contribution in [0.1, 0.15) is 0 Å². The summed E-state index contributed by atoms with van der Waals surface area (Å²) in [6.07, 6.45) is -7.48. The summed E-state index contributed by atoms with van der Waals surface area (Å²) < 4.78 is 31.9. The maximum atomic E-state index is 10.6. The van der Waals surface area contributed by atoms with Crippen LogP contribution in [0.15, 0.2) is 0 Å². The molecule has 0 heterocycles. The predicted molar refractivity (Wildman–Crippen MR) is 13.2 cm³/mol. The second kappa shape index (κ2) is 1.67. The predicted octanol–water partition coefficient (Wildman–Crippen LogP) is 0.783. The Bertz CT molecular complexity index is 56.4. The second-order valence-electron chi connectivity index (χ2n) is 0.821. The van der Waals surface area contributed by atoms with Crippen LogP contribution >= 0.6 is 0 Å². The highest BCUT2D eigenvalue weighted by molar-refractivity contribution is 4.67. The molecule has 0 aliphatic carbocycles. The molecular weight excluding hydrogens is 113 g/mol. The van der Waals surface area contributed by atoms with Gasteiger partial charge < -0.3 is 10.2 Å². The van der Waals surface area contributed by atoms with Crippen LogP contribution in [-0.2, 0) is 0 Å². The van der Waals surface area contributed by atoms with Crippen LogP contribution in [-0.4, -0.2) is 16.4 Å². The molecule has 0 atom stereocenters. The van der Waals surface area contributed by atoms with Crippen LogP contribution in [0.25, 0.3) is 0 Å². The third-order valence-electron chi connectivity index (χ3n) is 0.254. The molecule has 0 aromatic rings. The molecule has 0 aliphatic rings. The largest absolute Gasteiger partial charge is 0.528 e. The average molecular weight is 115 g/mol. The smallest absolute Gasteiger partial charge is 0.316 e. The summed E-state index contributed by atoms with van der Waals surface area (Å²) in [5.74, 6) is 0. The lowest BCUT2D eigenvalue weighted by molar-refractivity contribution is -0.207. The first-order valence-electron chi connectivity index (χ1n) is 1.26. The van der Waals surface area contributed by atoms with E-state index in [1.807, 2.05) is 0 Å². The molecule has 44 valence electrons. The molecule has 0 aliphatic heterocycles. The van der Waals surface area contributed by atoms with Gasteiger partial charge in [0.2, 0.25) is 0 Å². The lowest BCUT2D eigenvalue weighted by Crippen LogP contribution is -2.18. The molecule has 0 saturated carbocycles. The van der Waals surface area contributed by atoms with Crippen molar-refractivity contribution >= 4 is 0 Å². The molecule has 2 N–H and O–H groups in total. The van der Waals surface area contributed by atoms with Crippen molar-refractivity contribution in [2.75, 3.05) is 0 Å². The lowest BCUT2D eigenvalue weighted by atomic mass is 10.6. The maximum Gasteiger partial charge on any atom is 0.316 e. The van der Waals surface area contributed by atoms with Gasteiger partial charge in [0.15, 0.2) is 0 Å². The number of hydrogen-bond donors (Lipinski definition) is 2. The molecule has 0 spiro atoms. The first-order valence-corrected chi connectivity index (χ1v) is 1.26. The Morgan fingerprint density at radius 1 is 1.14 bits per heavy atom. The minimum Gasteiger partial charge on any atom is -0.528 e. The molecule has 0 bridgehead atoms. The van der Waals surface area contributed by atoms with Crippen molar-refractivity contribution in [2.45, 2.75) is 6.18 Å². The molecule has 0 unspecified atom stereocenters. The molecular formula is C2H2F3O2-. The average Bonchev–Trinajstić information content (AvgIpc) is 1.31. The number of aliphatic hydroxyl groups is 2. The van der Waals surface area contributed by atoms with Gasteiger partial charge in [0.1, 0.15) is 0 Å². The van der Waals surface area contributed by atoms with Gasteiger partial charge in [-0.1, -0.05) is 0 Å². The standard InChI is InChI=1S/C2H2F3O2/c3-2(4,5)1(6)7/h6-7H/q-1. The van der Waals surface area contributed by atoms with Gasteiger partial charge in [-0.3, -0.25) is 0 Å². The van der Waals surface area contributed by atoms with Gasteiger partial charge in [0.25, 0.3) is 0 Å². The monoisotopic (exact) mass is 115 g/mol. The third kappa shape index (κ3) is 2.41. The van der Waals surface area contributed by atoms with Crippen LogP contribution in [0.5, 0.6) is 0 Å². The number of aliphatic hydroxyl groups excluding tert-OH is 1. The molecule has 0 radical (unpaired) electrons. The minimum absolute atomic E-state index is 2.51. The quantitative estimate of drug-likeness (QED) is 0.458. The van der Waals surface area contributed by atoms with Crippen molar-refractivity contribution in [3.63, 3.8) is 0 Å². The van der Waals surface area contributed by atoms with Crippen molar-refractivity contribution in [1.29, 1.82) is 0 Å². The van der Waals surface area contributed by atoms with Gasteiger partial charge in [0.05, 0.1) is 0 Å². The van der Waals surface area contributed by atoms with E-state index in [9.17, 15) is 13.2 Å². The lowest BCUT2D eigenvalue weighted by Gasteiger charge is -2.19. The zero-order valence-electron chi connectivity index (χ0n) is 3.03. The Balaban J connectivity index is 3.54. The Morgan fingerprint density at radius 2 is 1.29 bits per heavy atom. The fourth-order valence-corrected chi connectivity index (χ4v) is 0. The Kier molecular flexibility index (Phi) is 1.60. The highest BCUT2D eigenvalue weighted by atomic mass is 19.4. The van der Waals surface area contributed by atoms with Crippen molar-refractivity contribution in [3.8, 4) is 0 Å². The molecule has 0 amide bonds. The van der Waals surface area contributed by atoms with Crippen LogP contribution in [0, 0.1) is 6.29 Å². The van der Waals surface area contributed by atoms with Gasteiger partial charge in [-0.05, 0) is 0 Å². The summed E-state index contributed by atoms with van der Waals surface area (Å²) >= 11 is 0. The van der Waals surface area contributed by atoms with E-state index in [1.165, 1.54) is 0 Å². The van der Waals surface area contributed by atoms with Gasteiger partial charge in [0, 0.05) is 6.29 Å². The van der Waals surface area contributed by atoms with Crippen molar-refractivity contribution in [3.05, 3.63) is 6.29 Å². The van der Waals surface area contributed by atoms with Crippen LogP contribution in [0.2, 0.25) is 0 Å². The number of halogens is 3. The summed E-state index contributed by atoms with van der Waals surface area (Å²) in [5, 5.41) is 14.5. The zero-order chi connectivity index (χ0) is 6.08. The molecule has 7 heavy (non-hydrogen) atoms. The van der Waals surface area contributed by atoms with Gasteiger partial charge in [-0.2, -0.15) is 0 Å². The highest BCUT2D eigenvalue weighted by Gasteiger charge is 2.23. The molecule has 2 nitrogen and oxygen atoms in total. The fourth-order valence-electron chi connectivity index (χ4n) is 0. The summed E-state index contributed by atoms with van der Waals surface area (Å²) in [6, 6.07) is 0. The van der Waals surface area contributed by atoms with Crippen molar-refractivity contribution < 1.29 is 23.4 Å². The topological polar surface area (TPSA) is 40.5 Å².